The van der Waals surface area contributed by atoms with E-state index in [2.05, 4.69) is 0 Å². The van der Waals surface area contributed by atoms with Gasteiger partial charge >= 0.3 is 0 Å². The van der Waals surface area contributed by atoms with E-state index in [9.17, 15) is 10.1 Å². The van der Waals surface area contributed by atoms with E-state index in [4.69, 9.17) is 4.74 Å². The first-order valence-corrected chi connectivity index (χ1v) is 4.27. The summed E-state index contributed by atoms with van der Waals surface area (Å²) in [4.78, 5) is 10.1. The fourth-order valence-corrected chi connectivity index (χ4v) is 1.43. The summed E-state index contributed by atoms with van der Waals surface area (Å²) in [5.74, 6) is 0.718. The average Bonchev–Trinajstić information content (AvgIpc) is 2.18. The summed E-state index contributed by atoms with van der Waals surface area (Å²) in [6, 6.07) is 4.64. The molecule has 0 aromatic heterocycles. The highest BCUT2D eigenvalue weighted by Crippen LogP contribution is 2.32. The van der Waals surface area contributed by atoms with Gasteiger partial charge in [-0.1, -0.05) is 0 Å². The van der Waals surface area contributed by atoms with Gasteiger partial charge in [-0.2, -0.15) is 0 Å². The van der Waals surface area contributed by atoms with Crippen molar-refractivity contribution >= 4 is 11.3 Å². The fourth-order valence-electron chi connectivity index (χ4n) is 1.43. The van der Waals surface area contributed by atoms with Gasteiger partial charge in [-0.25, -0.2) is 0 Å². The molecule has 0 atom stereocenters. The summed E-state index contributed by atoms with van der Waals surface area (Å²) in [5, 5.41) is 10.5. The van der Waals surface area contributed by atoms with Gasteiger partial charge in [0.1, 0.15) is 12.4 Å². The van der Waals surface area contributed by atoms with Crippen molar-refractivity contribution in [3.05, 3.63) is 40.0 Å². The highest BCUT2D eigenvalue weighted by molar-refractivity contribution is 5.72. The van der Waals surface area contributed by atoms with Crippen LogP contribution in [0.5, 0.6) is 5.75 Å². The maximum atomic E-state index is 10.5. The third-order valence-corrected chi connectivity index (χ3v) is 2.23. The lowest BCUT2D eigenvalue weighted by atomic mass is 10.0. The maximum absolute atomic E-state index is 10.5. The van der Waals surface area contributed by atoms with Gasteiger partial charge in [-0.3, -0.25) is 10.1 Å². The second kappa shape index (κ2) is 3.14. The Labute approximate surface area is 81.0 Å². The molecule has 1 aromatic rings. The number of nitro benzene ring substituents is 1. The Morgan fingerprint density at radius 1 is 1.50 bits per heavy atom. The van der Waals surface area contributed by atoms with Crippen LogP contribution >= 0.6 is 0 Å². The summed E-state index contributed by atoms with van der Waals surface area (Å²) in [6.07, 6.45) is 1.91. The number of fused-ring (bicyclic) bond motifs is 1. The predicted octanol–water partition coefficient (Wildman–Crippen LogP) is 2.39. The van der Waals surface area contributed by atoms with Crippen LogP contribution in [0.15, 0.2) is 24.3 Å². The van der Waals surface area contributed by atoms with E-state index in [0.717, 1.165) is 16.9 Å². The third kappa shape index (κ3) is 1.35. The zero-order valence-corrected chi connectivity index (χ0v) is 7.69. The molecule has 0 saturated heterocycles. The minimum Gasteiger partial charge on any atom is -0.489 e. The molecule has 1 aliphatic heterocycles. The zero-order chi connectivity index (χ0) is 10.1. The molecule has 0 N–H and O–H groups in total. The minimum absolute atomic E-state index is 0.0991. The van der Waals surface area contributed by atoms with E-state index in [1.165, 1.54) is 6.07 Å². The molecule has 0 saturated carbocycles. The molecule has 0 unspecified atom stereocenters. The Kier molecular flexibility index (Phi) is 1.96. The Morgan fingerprint density at radius 2 is 2.29 bits per heavy atom. The van der Waals surface area contributed by atoms with E-state index >= 15 is 0 Å². The lowest BCUT2D eigenvalue weighted by Gasteiger charge is -2.15. The second-order valence-corrected chi connectivity index (χ2v) is 3.14. The van der Waals surface area contributed by atoms with Gasteiger partial charge in [0.2, 0.25) is 0 Å². The third-order valence-electron chi connectivity index (χ3n) is 2.23. The number of hydrogen-bond acceptors (Lipinski definition) is 3. The molecule has 0 radical (unpaired) electrons. The SMILES string of the molecule is CC1=CCOc2ccc([N+](=O)[O-])cc21. The van der Waals surface area contributed by atoms with Crippen LogP contribution in [0.1, 0.15) is 12.5 Å². The first-order chi connectivity index (χ1) is 6.68. The molecule has 0 fully saturated rings. The lowest BCUT2D eigenvalue weighted by molar-refractivity contribution is -0.384. The highest BCUT2D eigenvalue weighted by atomic mass is 16.6. The molecular formula is C10H9NO3. The summed E-state index contributed by atoms with van der Waals surface area (Å²) >= 11 is 0. The molecule has 0 spiro atoms. The van der Waals surface area contributed by atoms with Crippen molar-refractivity contribution in [2.24, 2.45) is 0 Å². The zero-order valence-electron chi connectivity index (χ0n) is 7.69. The first kappa shape index (κ1) is 8.74. The number of allylic oxidation sites excluding steroid dienone is 1. The van der Waals surface area contributed by atoms with E-state index in [1.807, 2.05) is 13.0 Å². The number of nitro groups is 1. The van der Waals surface area contributed by atoms with Gasteiger partial charge in [0, 0.05) is 17.7 Å². The molecule has 1 aliphatic rings. The number of hydrogen-bond donors (Lipinski definition) is 0. The molecule has 4 nitrogen and oxygen atoms in total. The number of nitrogens with zero attached hydrogens (tertiary/aromatic N) is 1. The molecule has 4 heteroatoms. The molecular weight excluding hydrogens is 182 g/mol. The minimum atomic E-state index is -0.401. The summed E-state index contributed by atoms with van der Waals surface area (Å²) in [7, 11) is 0. The van der Waals surface area contributed by atoms with Crippen LogP contribution in [0.3, 0.4) is 0 Å². The van der Waals surface area contributed by atoms with Crippen molar-refractivity contribution in [1.29, 1.82) is 0 Å². The second-order valence-electron chi connectivity index (χ2n) is 3.14. The molecule has 0 aliphatic carbocycles. The Hall–Kier alpha value is -1.84. The molecule has 0 bridgehead atoms. The molecule has 72 valence electrons. The van der Waals surface area contributed by atoms with Crippen molar-refractivity contribution in [3.63, 3.8) is 0 Å². The predicted molar refractivity (Wildman–Crippen MR) is 52.2 cm³/mol. The lowest BCUT2D eigenvalue weighted by Crippen LogP contribution is -2.03. The van der Waals surface area contributed by atoms with Gasteiger partial charge in [0.05, 0.1) is 4.92 Å². The van der Waals surface area contributed by atoms with Crippen molar-refractivity contribution in [1.82, 2.24) is 0 Å². The number of benzene rings is 1. The quantitative estimate of drug-likeness (QED) is 0.505. The van der Waals surface area contributed by atoms with Crippen LogP contribution in [0.4, 0.5) is 5.69 Å². The topological polar surface area (TPSA) is 52.4 Å². The van der Waals surface area contributed by atoms with Crippen molar-refractivity contribution in [2.75, 3.05) is 6.61 Å². The largest absolute Gasteiger partial charge is 0.489 e. The Balaban J connectivity index is 2.53. The van der Waals surface area contributed by atoms with E-state index in [0.29, 0.717) is 6.61 Å². The van der Waals surface area contributed by atoms with Crippen LogP contribution in [0.25, 0.3) is 5.57 Å². The van der Waals surface area contributed by atoms with E-state index in [1.54, 1.807) is 12.1 Å². The van der Waals surface area contributed by atoms with Crippen LogP contribution in [0, 0.1) is 10.1 Å². The molecule has 14 heavy (non-hydrogen) atoms. The van der Waals surface area contributed by atoms with Gasteiger partial charge < -0.3 is 4.74 Å². The van der Waals surface area contributed by atoms with Gasteiger partial charge in [0.25, 0.3) is 5.69 Å². The van der Waals surface area contributed by atoms with Gasteiger partial charge in [-0.05, 0) is 24.6 Å². The Morgan fingerprint density at radius 3 is 3.00 bits per heavy atom. The standard InChI is InChI=1S/C10H9NO3/c1-7-4-5-14-10-3-2-8(11(12)13)6-9(7)10/h2-4,6H,5H2,1H3. The Bertz CT molecular complexity index is 423. The first-order valence-electron chi connectivity index (χ1n) is 4.27. The van der Waals surface area contributed by atoms with Crippen LogP contribution < -0.4 is 4.74 Å². The van der Waals surface area contributed by atoms with Gasteiger partial charge in [0.15, 0.2) is 0 Å². The normalized spacial score (nSPS) is 13.9. The molecule has 1 heterocycles. The summed E-state index contributed by atoms with van der Waals surface area (Å²) in [6.45, 7) is 2.46. The number of ether oxygens (including phenoxy) is 1. The summed E-state index contributed by atoms with van der Waals surface area (Å²) in [5.41, 5.74) is 1.93. The molecule has 1 aromatic carbocycles. The van der Waals surface area contributed by atoms with Crippen molar-refractivity contribution in [3.8, 4) is 5.75 Å². The van der Waals surface area contributed by atoms with Crippen LogP contribution in [-0.2, 0) is 0 Å². The molecule has 2 rings (SSSR count). The number of non-ortho nitro benzene ring substituents is 1. The van der Waals surface area contributed by atoms with Crippen molar-refractivity contribution in [2.45, 2.75) is 6.92 Å². The maximum Gasteiger partial charge on any atom is 0.270 e. The van der Waals surface area contributed by atoms with Crippen LogP contribution in [0.2, 0.25) is 0 Å². The fraction of sp³-hybridized carbons (Fsp3) is 0.200. The smallest absolute Gasteiger partial charge is 0.270 e. The van der Waals surface area contributed by atoms with Crippen LogP contribution in [-0.4, -0.2) is 11.5 Å². The van der Waals surface area contributed by atoms with E-state index in [-0.39, 0.29) is 5.69 Å². The molecule has 0 amide bonds. The average molecular weight is 191 g/mol. The monoisotopic (exact) mass is 191 g/mol. The van der Waals surface area contributed by atoms with E-state index < -0.39 is 4.92 Å². The summed E-state index contributed by atoms with van der Waals surface area (Å²) < 4.78 is 5.33. The van der Waals surface area contributed by atoms with Crippen molar-refractivity contribution < 1.29 is 9.66 Å². The highest BCUT2D eigenvalue weighted by Gasteiger charge is 2.15. The van der Waals surface area contributed by atoms with Gasteiger partial charge in [-0.15, -0.1) is 0 Å². The number of rotatable bonds is 1.